The standard InChI is InChI=1S/C3HClS3/c4-2-1-6-3(5)7-2/h1H. The molecule has 1 heterocycles. The maximum Gasteiger partial charge on any atom is 0.145 e. The molecule has 0 aliphatic carbocycles. The molecular weight excluding hydrogens is 168 g/mol. The molecule has 0 aromatic carbocycles. The molecule has 1 rings (SSSR count). The van der Waals surface area contributed by atoms with Crippen molar-refractivity contribution in [2.45, 2.75) is 0 Å². The third kappa shape index (κ3) is 1.49. The lowest BCUT2D eigenvalue weighted by Gasteiger charge is -1.60. The van der Waals surface area contributed by atoms with Gasteiger partial charge in [0.05, 0.1) is 0 Å². The molecular formula is C3HClS3. The Morgan fingerprint density at radius 3 is 2.57 bits per heavy atom. The van der Waals surface area contributed by atoms with Crippen molar-refractivity contribution in [2.24, 2.45) is 0 Å². The predicted molar refractivity (Wildman–Crippen MR) is 38.0 cm³/mol. The summed E-state index contributed by atoms with van der Waals surface area (Å²) in [6.07, 6.45) is 0. The first kappa shape index (κ1) is 5.69. The summed E-state index contributed by atoms with van der Waals surface area (Å²) >= 11 is 13.3. The van der Waals surface area contributed by atoms with Gasteiger partial charge in [0.25, 0.3) is 0 Å². The Morgan fingerprint density at radius 1 is 1.71 bits per heavy atom. The monoisotopic (exact) mass is 168 g/mol. The zero-order valence-corrected chi connectivity index (χ0v) is 6.39. The van der Waals surface area contributed by atoms with E-state index < -0.39 is 0 Å². The summed E-state index contributed by atoms with van der Waals surface area (Å²) in [7, 11) is 0. The largest absolute Gasteiger partial charge is 0.145 e. The van der Waals surface area contributed by atoms with Crippen molar-refractivity contribution >= 4 is 46.5 Å². The van der Waals surface area contributed by atoms with Gasteiger partial charge in [0.1, 0.15) is 7.47 Å². The molecule has 0 aliphatic heterocycles. The fraction of sp³-hybridized carbons (Fsp3) is 0. The molecule has 0 N–H and O–H groups in total. The van der Waals surface area contributed by atoms with Crippen LogP contribution in [0.2, 0.25) is 4.34 Å². The van der Waals surface area contributed by atoms with Crippen LogP contribution in [0.3, 0.4) is 0 Å². The zero-order valence-electron chi connectivity index (χ0n) is 3.18. The van der Waals surface area contributed by atoms with Crippen LogP contribution in [0.25, 0.3) is 0 Å². The third-order valence-electron chi connectivity index (χ3n) is 0.429. The van der Waals surface area contributed by atoms with Gasteiger partial charge in [-0.05, 0) is 0 Å². The Hall–Kier alpha value is 0.560. The molecule has 0 bridgehead atoms. The topological polar surface area (TPSA) is 0 Å². The van der Waals surface area contributed by atoms with E-state index in [0.717, 1.165) is 7.47 Å². The summed E-state index contributed by atoms with van der Waals surface area (Å²) in [4.78, 5) is 0. The summed E-state index contributed by atoms with van der Waals surface area (Å²) in [6.45, 7) is 0. The Labute approximate surface area is 59.4 Å². The van der Waals surface area contributed by atoms with Crippen LogP contribution in [0.5, 0.6) is 0 Å². The first-order valence-corrected chi connectivity index (χ1v) is 4.01. The highest BCUT2D eigenvalue weighted by atomic mass is 35.5. The van der Waals surface area contributed by atoms with Gasteiger partial charge in [-0.15, -0.1) is 22.7 Å². The molecule has 0 fully saturated rings. The molecule has 38 valence electrons. The van der Waals surface area contributed by atoms with Gasteiger partial charge in [-0.3, -0.25) is 0 Å². The van der Waals surface area contributed by atoms with Crippen LogP contribution in [-0.2, 0) is 0 Å². The van der Waals surface area contributed by atoms with Crippen LogP contribution < -0.4 is 0 Å². The van der Waals surface area contributed by atoms with E-state index in [-0.39, 0.29) is 0 Å². The number of halogens is 1. The molecule has 0 amide bonds. The molecule has 0 nitrogen and oxygen atoms in total. The van der Waals surface area contributed by atoms with Crippen LogP contribution in [0.4, 0.5) is 0 Å². The van der Waals surface area contributed by atoms with Gasteiger partial charge in [-0.25, -0.2) is 0 Å². The van der Waals surface area contributed by atoms with E-state index in [1.807, 2.05) is 5.38 Å². The molecule has 1 aromatic rings. The lowest BCUT2D eigenvalue weighted by atomic mass is 11.1. The average molecular weight is 169 g/mol. The fourth-order valence-electron chi connectivity index (χ4n) is 0.222. The van der Waals surface area contributed by atoms with Gasteiger partial charge in [-0.2, -0.15) is 0 Å². The summed E-state index contributed by atoms with van der Waals surface area (Å²) in [5.74, 6) is 0. The van der Waals surface area contributed by atoms with Crippen molar-refractivity contribution in [3.05, 3.63) is 12.9 Å². The van der Waals surface area contributed by atoms with E-state index >= 15 is 0 Å². The second kappa shape index (κ2) is 2.22. The smallest absolute Gasteiger partial charge is 0.120 e. The van der Waals surface area contributed by atoms with E-state index in [1.165, 1.54) is 22.7 Å². The second-order valence-corrected chi connectivity index (χ2v) is 4.64. The molecule has 0 saturated heterocycles. The Balaban J connectivity index is 3.30. The van der Waals surface area contributed by atoms with Gasteiger partial charge in [0.2, 0.25) is 0 Å². The Kier molecular flexibility index (Phi) is 1.80. The van der Waals surface area contributed by atoms with Gasteiger partial charge >= 0.3 is 0 Å². The van der Waals surface area contributed by atoms with Crippen molar-refractivity contribution in [1.29, 1.82) is 0 Å². The minimum atomic E-state index is 0.787. The highest BCUT2D eigenvalue weighted by molar-refractivity contribution is 7.76. The second-order valence-electron chi connectivity index (χ2n) is 0.892. The van der Waals surface area contributed by atoms with Gasteiger partial charge in [-0.1, -0.05) is 23.8 Å². The normalized spacial score (nSPS) is 9.29. The van der Waals surface area contributed by atoms with E-state index in [9.17, 15) is 0 Å². The third-order valence-corrected chi connectivity index (χ3v) is 3.15. The van der Waals surface area contributed by atoms with Crippen molar-refractivity contribution < 1.29 is 0 Å². The highest BCUT2D eigenvalue weighted by Gasteiger charge is 1.84. The van der Waals surface area contributed by atoms with Crippen molar-refractivity contribution in [3.8, 4) is 0 Å². The van der Waals surface area contributed by atoms with Crippen molar-refractivity contribution in [2.75, 3.05) is 0 Å². The zero-order chi connectivity index (χ0) is 5.28. The maximum absolute atomic E-state index is 5.52. The Morgan fingerprint density at radius 2 is 2.43 bits per heavy atom. The Bertz CT molecular complexity index is 198. The van der Waals surface area contributed by atoms with Gasteiger partial charge < -0.3 is 0 Å². The lowest BCUT2D eigenvalue weighted by Crippen LogP contribution is -1.27. The van der Waals surface area contributed by atoms with Crippen molar-refractivity contribution in [3.63, 3.8) is 0 Å². The minimum Gasteiger partial charge on any atom is -0.120 e. The van der Waals surface area contributed by atoms with Crippen LogP contribution in [0, 0.1) is 3.14 Å². The fourth-order valence-corrected chi connectivity index (χ4v) is 2.57. The van der Waals surface area contributed by atoms with Crippen LogP contribution in [0.1, 0.15) is 0 Å². The number of rotatable bonds is 0. The van der Waals surface area contributed by atoms with E-state index in [4.69, 9.17) is 23.8 Å². The molecule has 1 aromatic heterocycles. The van der Waals surface area contributed by atoms with E-state index in [2.05, 4.69) is 0 Å². The molecule has 7 heavy (non-hydrogen) atoms. The number of hydrogen-bond acceptors (Lipinski definition) is 3. The SMILES string of the molecule is S=c1scc(Cl)s1. The van der Waals surface area contributed by atoms with E-state index in [1.54, 1.807) is 0 Å². The molecule has 4 heteroatoms. The van der Waals surface area contributed by atoms with Crippen molar-refractivity contribution in [1.82, 2.24) is 0 Å². The van der Waals surface area contributed by atoms with Gasteiger partial charge in [0, 0.05) is 5.38 Å². The highest BCUT2D eigenvalue weighted by Crippen LogP contribution is 2.21. The maximum atomic E-state index is 5.52. The number of hydrogen-bond donors (Lipinski definition) is 0. The van der Waals surface area contributed by atoms with Crippen LogP contribution in [-0.4, -0.2) is 0 Å². The van der Waals surface area contributed by atoms with Crippen LogP contribution in [0.15, 0.2) is 5.38 Å². The summed E-state index contributed by atoms with van der Waals surface area (Å²) < 4.78 is 1.68. The summed E-state index contributed by atoms with van der Waals surface area (Å²) in [5, 5.41) is 1.84. The summed E-state index contributed by atoms with van der Waals surface area (Å²) in [6, 6.07) is 0. The molecule has 0 radical (unpaired) electrons. The molecule has 0 spiro atoms. The molecule has 0 aliphatic rings. The van der Waals surface area contributed by atoms with Crippen LogP contribution >= 0.6 is 46.5 Å². The molecule has 0 atom stereocenters. The average Bonchev–Trinajstić information content (AvgIpc) is 1.87. The first-order chi connectivity index (χ1) is 3.29. The first-order valence-electron chi connectivity index (χ1n) is 1.53. The quantitative estimate of drug-likeness (QED) is 0.537. The van der Waals surface area contributed by atoms with Gasteiger partial charge in [0.15, 0.2) is 0 Å². The lowest BCUT2D eigenvalue weighted by molar-refractivity contribution is 2.34. The van der Waals surface area contributed by atoms with E-state index in [0.29, 0.717) is 0 Å². The predicted octanol–water partition coefficient (Wildman–Crippen LogP) is 3.19. The molecule has 0 unspecified atom stereocenters. The minimum absolute atomic E-state index is 0.787. The summed E-state index contributed by atoms with van der Waals surface area (Å²) in [5.41, 5.74) is 0. The molecule has 0 saturated carbocycles.